The van der Waals surface area contributed by atoms with E-state index < -0.39 is 18.0 Å². The molecule has 1 atom stereocenters. The number of urea groups is 1. The van der Waals surface area contributed by atoms with Crippen molar-refractivity contribution in [3.8, 4) is 17.6 Å². The Balaban J connectivity index is 0.000000310. The lowest BCUT2D eigenvalue weighted by atomic mass is 10.1. The number of halogens is 1. The number of hydrogen-bond donors (Lipinski definition) is 2. The summed E-state index contributed by atoms with van der Waals surface area (Å²) < 4.78 is 6.53. The Morgan fingerprint density at radius 2 is 2.10 bits per heavy atom. The first kappa shape index (κ1) is 21.2. The van der Waals surface area contributed by atoms with E-state index in [-0.39, 0.29) is 12.5 Å². The van der Waals surface area contributed by atoms with E-state index in [1.807, 2.05) is 18.2 Å². The van der Waals surface area contributed by atoms with E-state index >= 15 is 0 Å². The van der Waals surface area contributed by atoms with Gasteiger partial charge in [0.1, 0.15) is 18.4 Å². The molecule has 4 amide bonds. The monoisotopic (exact) mass is 467 g/mol. The van der Waals surface area contributed by atoms with Gasteiger partial charge in [0.2, 0.25) is 0 Å². The molecule has 0 spiro atoms. The van der Waals surface area contributed by atoms with Crippen LogP contribution in [0.4, 0.5) is 4.79 Å². The summed E-state index contributed by atoms with van der Waals surface area (Å²) in [5.41, 5.74) is 1.42. The Morgan fingerprint density at radius 3 is 2.70 bits per heavy atom. The van der Waals surface area contributed by atoms with Crippen LogP contribution in [0.15, 0.2) is 40.9 Å². The quantitative estimate of drug-likeness (QED) is 0.533. The smallest absolute Gasteiger partial charge is 0.322 e. The lowest BCUT2D eigenvalue weighted by Crippen LogP contribution is -2.42. The minimum Gasteiger partial charge on any atom is -0.481 e. The highest BCUT2D eigenvalue weighted by Crippen LogP contribution is 2.27. The highest BCUT2D eigenvalue weighted by molar-refractivity contribution is 9.10. The molecule has 1 fully saturated rings. The van der Waals surface area contributed by atoms with Crippen LogP contribution in [-0.4, -0.2) is 41.9 Å². The van der Waals surface area contributed by atoms with Gasteiger partial charge < -0.3 is 15.0 Å². The standard InChI is InChI=1S/C16H15N3O4.C6H3Br/c1-2-3-6-23-11-4-5-12-10(7-11)8-19(15(12)21)9-13-14(20)18-16(22)17-13;7-6-4-2-1-3-5-6/h4-5,7,13H,6,8-9H2,1H3,(H2,17,18,20,22);2,4-5H. The summed E-state index contributed by atoms with van der Waals surface area (Å²) in [6, 6.07) is 15.1. The molecule has 0 radical (unpaired) electrons. The molecule has 0 saturated carbocycles. The minimum absolute atomic E-state index is 0.141. The molecular formula is C22H18BrN3O4. The molecule has 30 heavy (non-hydrogen) atoms. The van der Waals surface area contributed by atoms with Crippen molar-refractivity contribution in [2.45, 2.75) is 19.5 Å². The summed E-state index contributed by atoms with van der Waals surface area (Å²) in [6.45, 7) is 2.55. The largest absolute Gasteiger partial charge is 0.481 e. The van der Waals surface area contributed by atoms with Crippen LogP contribution in [0.2, 0.25) is 0 Å². The third kappa shape index (κ3) is 5.31. The number of fused-ring (bicyclic) bond motifs is 1. The molecule has 1 saturated heterocycles. The third-order valence-corrected chi connectivity index (χ3v) is 4.82. The zero-order valence-corrected chi connectivity index (χ0v) is 17.7. The average molecular weight is 468 g/mol. The van der Waals surface area contributed by atoms with Gasteiger partial charge >= 0.3 is 6.03 Å². The van der Waals surface area contributed by atoms with Crippen molar-refractivity contribution in [2.75, 3.05) is 13.2 Å². The van der Waals surface area contributed by atoms with Crippen molar-refractivity contribution in [3.05, 3.63) is 64.1 Å². The molecule has 0 aromatic heterocycles. The number of nitrogens with one attached hydrogen (secondary N) is 2. The number of carbonyl (C=O) groups is 3. The fourth-order valence-electron chi connectivity index (χ4n) is 2.92. The molecule has 0 aliphatic carbocycles. The van der Waals surface area contributed by atoms with Crippen LogP contribution in [0.25, 0.3) is 0 Å². The first-order valence-corrected chi connectivity index (χ1v) is 9.86. The molecular weight excluding hydrogens is 450 g/mol. The fourth-order valence-corrected chi connectivity index (χ4v) is 3.17. The Labute approximate surface area is 182 Å². The van der Waals surface area contributed by atoms with Crippen molar-refractivity contribution in [3.63, 3.8) is 0 Å². The zero-order chi connectivity index (χ0) is 21.5. The van der Waals surface area contributed by atoms with Crippen molar-refractivity contribution in [2.24, 2.45) is 0 Å². The van der Waals surface area contributed by atoms with Gasteiger partial charge in [0.05, 0.1) is 6.54 Å². The van der Waals surface area contributed by atoms with Crippen LogP contribution >= 0.6 is 15.9 Å². The van der Waals surface area contributed by atoms with Gasteiger partial charge in [0, 0.05) is 22.6 Å². The van der Waals surface area contributed by atoms with Crippen LogP contribution < -0.4 is 15.4 Å². The fraction of sp³-hybridized carbons (Fsp3) is 0.227. The highest BCUT2D eigenvalue weighted by Gasteiger charge is 2.35. The number of rotatable bonds is 4. The van der Waals surface area contributed by atoms with Crippen molar-refractivity contribution in [1.82, 2.24) is 15.5 Å². The average Bonchev–Trinajstić information content (AvgIpc) is 3.21. The van der Waals surface area contributed by atoms with Crippen LogP contribution in [0.1, 0.15) is 22.8 Å². The summed E-state index contributed by atoms with van der Waals surface area (Å²) >= 11 is 3.26. The summed E-state index contributed by atoms with van der Waals surface area (Å²) in [5, 5.41) is 4.64. The highest BCUT2D eigenvalue weighted by atomic mass is 79.9. The second-order valence-electron chi connectivity index (χ2n) is 6.39. The van der Waals surface area contributed by atoms with Crippen molar-refractivity contribution >= 4 is 33.8 Å². The Morgan fingerprint density at radius 1 is 1.27 bits per heavy atom. The topological polar surface area (TPSA) is 87.7 Å². The Kier molecular flexibility index (Phi) is 6.95. The number of carbonyl (C=O) groups excluding carboxylic acids is 3. The number of ether oxygens (including phenoxy) is 1. The van der Waals surface area contributed by atoms with Crippen molar-refractivity contribution in [1.29, 1.82) is 0 Å². The lowest BCUT2D eigenvalue weighted by molar-refractivity contribution is -0.120. The van der Waals surface area contributed by atoms with E-state index in [9.17, 15) is 14.4 Å². The lowest BCUT2D eigenvalue weighted by Gasteiger charge is -2.18. The summed E-state index contributed by atoms with van der Waals surface area (Å²) in [7, 11) is 0. The van der Waals surface area contributed by atoms with E-state index in [1.54, 1.807) is 25.1 Å². The van der Waals surface area contributed by atoms with Gasteiger partial charge in [-0.1, -0.05) is 34.0 Å². The van der Waals surface area contributed by atoms with E-state index in [4.69, 9.17) is 4.74 Å². The second kappa shape index (κ2) is 9.82. The maximum absolute atomic E-state index is 12.4. The molecule has 2 aromatic rings. The van der Waals surface area contributed by atoms with E-state index in [0.29, 0.717) is 24.5 Å². The van der Waals surface area contributed by atoms with E-state index in [1.165, 1.54) is 4.90 Å². The van der Waals surface area contributed by atoms with E-state index in [2.05, 4.69) is 50.5 Å². The summed E-state index contributed by atoms with van der Waals surface area (Å²) in [4.78, 5) is 36.6. The normalized spacial score (nSPS) is 16.3. The Hall–Kier alpha value is -3.49. The predicted molar refractivity (Wildman–Crippen MR) is 112 cm³/mol. The van der Waals surface area contributed by atoms with Gasteiger partial charge in [-0.05, 0) is 42.8 Å². The van der Waals surface area contributed by atoms with Gasteiger partial charge in [0.25, 0.3) is 11.8 Å². The Bertz CT molecular complexity index is 1010. The maximum atomic E-state index is 12.4. The first-order chi connectivity index (χ1) is 14.5. The molecule has 8 heteroatoms. The number of amides is 4. The molecule has 2 aliphatic rings. The number of benzene rings is 1. The molecule has 4 rings (SSSR count). The summed E-state index contributed by atoms with van der Waals surface area (Å²) in [6.07, 6.45) is 0. The van der Waals surface area contributed by atoms with Gasteiger partial charge in [0.15, 0.2) is 0 Å². The van der Waals surface area contributed by atoms with Gasteiger partial charge in [-0.25, -0.2) is 4.79 Å². The molecule has 2 heterocycles. The molecule has 2 N–H and O–H groups in total. The van der Waals surface area contributed by atoms with Crippen LogP contribution in [0.5, 0.6) is 5.75 Å². The van der Waals surface area contributed by atoms with Gasteiger partial charge in [-0.15, -0.1) is 5.92 Å². The maximum Gasteiger partial charge on any atom is 0.322 e. The number of imide groups is 1. The molecule has 1 unspecified atom stereocenters. The van der Waals surface area contributed by atoms with Crippen LogP contribution in [-0.2, 0) is 11.3 Å². The second-order valence-corrected chi connectivity index (χ2v) is 7.30. The molecule has 2 aromatic carbocycles. The minimum atomic E-state index is -0.712. The van der Waals surface area contributed by atoms with Crippen molar-refractivity contribution < 1.29 is 19.1 Å². The third-order valence-electron chi connectivity index (χ3n) is 4.32. The molecule has 152 valence electrons. The number of hydrogen-bond acceptors (Lipinski definition) is 4. The van der Waals surface area contributed by atoms with Crippen LogP contribution in [0.3, 0.4) is 0 Å². The first-order valence-electron chi connectivity index (χ1n) is 9.07. The number of nitrogens with zero attached hydrogens (tertiary/aromatic N) is 1. The molecule has 0 bridgehead atoms. The zero-order valence-electron chi connectivity index (χ0n) is 16.1. The summed E-state index contributed by atoms with van der Waals surface area (Å²) in [5.74, 6) is 5.62. The van der Waals surface area contributed by atoms with E-state index in [0.717, 1.165) is 10.0 Å². The van der Waals surface area contributed by atoms with Crippen LogP contribution in [0, 0.1) is 24.0 Å². The molecule has 7 nitrogen and oxygen atoms in total. The van der Waals surface area contributed by atoms with Gasteiger partial charge in [-0.2, -0.15) is 0 Å². The molecule has 2 aliphatic heterocycles. The SMILES string of the molecule is Brc1cc#ccc1.CC#CCOc1ccc2c(c1)CN(CC1NC(=O)NC1=O)C2=O. The van der Waals surface area contributed by atoms with Gasteiger partial charge in [-0.3, -0.25) is 14.9 Å². The predicted octanol–water partition coefficient (Wildman–Crippen LogP) is 2.30.